The molecule has 2 aliphatic heterocycles. The standard InChI is InChI=1S/C25H41N5O2.HI/c1-3-26-25(28-21-12-13-30(19-21)22-6-4-5-7-22)27-18-24(29-14-16-32-17-15-29)20-8-10-23(31-2)11-9-20;/h8-11,21-22,24H,3-7,12-19H2,1-2H3,(H2,26,27,28);1H. The maximum Gasteiger partial charge on any atom is 0.191 e. The number of hydrogen-bond acceptors (Lipinski definition) is 5. The summed E-state index contributed by atoms with van der Waals surface area (Å²) in [5, 5.41) is 7.21. The molecule has 2 atom stereocenters. The maximum absolute atomic E-state index is 5.60. The molecule has 2 heterocycles. The number of likely N-dealkylation sites (tertiary alicyclic amines) is 1. The van der Waals surface area contributed by atoms with Gasteiger partial charge in [0, 0.05) is 44.8 Å². The van der Waals surface area contributed by atoms with E-state index < -0.39 is 0 Å². The highest BCUT2D eigenvalue weighted by Gasteiger charge is 2.30. The normalized spacial score (nSPS) is 23.8. The molecule has 0 bridgehead atoms. The summed E-state index contributed by atoms with van der Waals surface area (Å²) in [5.41, 5.74) is 1.28. The number of halogens is 1. The van der Waals surface area contributed by atoms with E-state index in [1.54, 1.807) is 7.11 Å². The molecule has 0 spiro atoms. The van der Waals surface area contributed by atoms with Gasteiger partial charge in [-0.1, -0.05) is 25.0 Å². The second-order valence-electron chi connectivity index (χ2n) is 9.22. The number of morpholine rings is 1. The topological polar surface area (TPSA) is 61.4 Å². The molecule has 1 aliphatic carbocycles. The van der Waals surface area contributed by atoms with Crippen molar-refractivity contribution in [2.75, 3.05) is 59.6 Å². The predicted octanol–water partition coefficient (Wildman–Crippen LogP) is 3.26. The van der Waals surface area contributed by atoms with Crippen molar-refractivity contribution in [3.63, 3.8) is 0 Å². The third kappa shape index (κ3) is 7.44. The van der Waals surface area contributed by atoms with Gasteiger partial charge >= 0.3 is 0 Å². The lowest BCUT2D eigenvalue weighted by Crippen LogP contribution is -2.46. The van der Waals surface area contributed by atoms with E-state index in [0.29, 0.717) is 6.04 Å². The minimum atomic E-state index is 0. The SMILES string of the molecule is CCNC(=NCC(c1ccc(OC)cc1)N1CCOCC1)NC1CCN(C2CCCC2)C1.I. The molecular formula is C25H42IN5O2. The number of guanidine groups is 1. The Kier molecular flexibility index (Phi) is 11.0. The molecule has 2 N–H and O–H groups in total. The van der Waals surface area contributed by atoms with Gasteiger partial charge in [0.2, 0.25) is 0 Å². The summed E-state index contributed by atoms with van der Waals surface area (Å²) in [6.07, 6.45) is 6.76. The van der Waals surface area contributed by atoms with Crippen LogP contribution in [0.1, 0.15) is 50.6 Å². The third-order valence-electron chi connectivity index (χ3n) is 7.16. The fourth-order valence-corrected chi connectivity index (χ4v) is 5.34. The maximum atomic E-state index is 5.60. The van der Waals surface area contributed by atoms with Crippen LogP contribution in [0.4, 0.5) is 0 Å². The molecule has 7 nitrogen and oxygen atoms in total. The van der Waals surface area contributed by atoms with Gasteiger partial charge in [-0.3, -0.25) is 14.8 Å². The lowest BCUT2D eigenvalue weighted by atomic mass is 10.0. The van der Waals surface area contributed by atoms with Crippen LogP contribution < -0.4 is 15.4 Å². The summed E-state index contributed by atoms with van der Waals surface area (Å²) < 4.78 is 11.0. The van der Waals surface area contributed by atoms with Gasteiger partial charge in [-0.15, -0.1) is 24.0 Å². The van der Waals surface area contributed by atoms with Gasteiger partial charge < -0.3 is 20.1 Å². The van der Waals surface area contributed by atoms with E-state index in [1.807, 2.05) is 12.1 Å². The van der Waals surface area contributed by atoms with E-state index >= 15 is 0 Å². The highest BCUT2D eigenvalue weighted by Crippen LogP contribution is 2.27. The number of hydrogen-bond donors (Lipinski definition) is 2. The Balaban J connectivity index is 0.00000306. The molecule has 33 heavy (non-hydrogen) atoms. The lowest BCUT2D eigenvalue weighted by Gasteiger charge is -2.34. The Morgan fingerprint density at radius 1 is 1.12 bits per heavy atom. The average molecular weight is 572 g/mol. The largest absolute Gasteiger partial charge is 0.497 e. The summed E-state index contributed by atoms with van der Waals surface area (Å²) in [4.78, 5) is 10.2. The predicted molar refractivity (Wildman–Crippen MR) is 145 cm³/mol. The van der Waals surface area contributed by atoms with Crippen molar-refractivity contribution in [3.8, 4) is 5.75 Å². The monoisotopic (exact) mass is 571 g/mol. The van der Waals surface area contributed by atoms with E-state index in [0.717, 1.165) is 63.7 Å². The minimum absolute atomic E-state index is 0. The van der Waals surface area contributed by atoms with Gasteiger partial charge in [0.05, 0.1) is 32.9 Å². The minimum Gasteiger partial charge on any atom is -0.497 e. The zero-order valence-electron chi connectivity index (χ0n) is 20.3. The van der Waals surface area contributed by atoms with Crippen molar-refractivity contribution in [3.05, 3.63) is 29.8 Å². The Labute approximate surface area is 216 Å². The first kappa shape index (κ1) is 26.5. The van der Waals surface area contributed by atoms with Crippen LogP contribution >= 0.6 is 24.0 Å². The molecule has 1 aromatic carbocycles. The highest BCUT2D eigenvalue weighted by atomic mass is 127. The number of ether oxygens (including phenoxy) is 2. The van der Waals surface area contributed by atoms with E-state index in [9.17, 15) is 0 Å². The van der Waals surface area contributed by atoms with Crippen LogP contribution in [0.2, 0.25) is 0 Å². The summed E-state index contributed by atoms with van der Waals surface area (Å²) in [5.74, 6) is 1.83. The first-order valence-electron chi connectivity index (χ1n) is 12.5. The van der Waals surface area contributed by atoms with Crippen LogP contribution in [0.5, 0.6) is 5.75 Å². The van der Waals surface area contributed by atoms with Crippen molar-refractivity contribution in [2.24, 2.45) is 4.99 Å². The Morgan fingerprint density at radius 2 is 1.85 bits per heavy atom. The van der Waals surface area contributed by atoms with Crippen LogP contribution in [0.3, 0.4) is 0 Å². The average Bonchev–Trinajstić information content (AvgIpc) is 3.53. The molecule has 186 valence electrons. The number of methoxy groups -OCH3 is 1. The molecule has 4 rings (SSSR count). The molecule has 2 unspecified atom stereocenters. The van der Waals surface area contributed by atoms with Gasteiger partial charge in [-0.2, -0.15) is 0 Å². The van der Waals surface area contributed by atoms with E-state index in [-0.39, 0.29) is 30.0 Å². The van der Waals surface area contributed by atoms with Gasteiger partial charge in [0.15, 0.2) is 5.96 Å². The summed E-state index contributed by atoms with van der Waals surface area (Å²) in [7, 11) is 1.71. The van der Waals surface area contributed by atoms with Crippen LogP contribution in [0, 0.1) is 0 Å². The Morgan fingerprint density at radius 3 is 2.52 bits per heavy atom. The van der Waals surface area contributed by atoms with Crippen molar-refractivity contribution in [1.82, 2.24) is 20.4 Å². The second-order valence-corrected chi connectivity index (χ2v) is 9.22. The smallest absolute Gasteiger partial charge is 0.191 e. The number of nitrogens with one attached hydrogen (secondary N) is 2. The third-order valence-corrected chi connectivity index (χ3v) is 7.16. The highest BCUT2D eigenvalue weighted by molar-refractivity contribution is 14.0. The number of nitrogens with zero attached hydrogens (tertiary/aromatic N) is 3. The van der Waals surface area contributed by atoms with Gasteiger partial charge in [-0.25, -0.2) is 0 Å². The van der Waals surface area contributed by atoms with Gasteiger partial charge in [0.25, 0.3) is 0 Å². The number of rotatable bonds is 8. The first-order chi connectivity index (χ1) is 15.8. The molecule has 1 saturated carbocycles. The fraction of sp³-hybridized carbons (Fsp3) is 0.720. The molecule has 0 radical (unpaired) electrons. The van der Waals surface area contributed by atoms with Crippen LogP contribution in [0.15, 0.2) is 29.3 Å². The molecule has 1 aromatic rings. The molecule has 2 saturated heterocycles. The molecule has 0 amide bonds. The van der Waals surface area contributed by atoms with Crippen LogP contribution in [-0.2, 0) is 4.74 Å². The van der Waals surface area contributed by atoms with Crippen molar-refractivity contribution in [2.45, 2.75) is 57.2 Å². The zero-order valence-corrected chi connectivity index (χ0v) is 22.6. The van der Waals surface area contributed by atoms with E-state index in [1.165, 1.54) is 44.2 Å². The Hall–Kier alpha value is -1.10. The second kappa shape index (κ2) is 13.7. The van der Waals surface area contributed by atoms with Crippen molar-refractivity contribution < 1.29 is 9.47 Å². The summed E-state index contributed by atoms with van der Waals surface area (Å²) in [6, 6.07) is 9.96. The first-order valence-corrected chi connectivity index (χ1v) is 12.5. The molecular weight excluding hydrogens is 529 g/mol. The summed E-state index contributed by atoms with van der Waals surface area (Å²) in [6.45, 7) is 9.53. The van der Waals surface area contributed by atoms with Crippen LogP contribution in [0.25, 0.3) is 0 Å². The quantitative estimate of drug-likeness (QED) is 0.284. The van der Waals surface area contributed by atoms with Gasteiger partial charge in [-0.05, 0) is 43.9 Å². The van der Waals surface area contributed by atoms with Crippen molar-refractivity contribution >= 4 is 29.9 Å². The number of benzene rings is 1. The molecule has 8 heteroatoms. The molecule has 3 fully saturated rings. The number of aliphatic imine (C=N–C) groups is 1. The molecule has 3 aliphatic rings. The summed E-state index contributed by atoms with van der Waals surface area (Å²) >= 11 is 0. The zero-order chi connectivity index (χ0) is 22.2. The van der Waals surface area contributed by atoms with E-state index in [4.69, 9.17) is 14.5 Å². The fourth-order valence-electron chi connectivity index (χ4n) is 5.34. The molecule has 0 aromatic heterocycles. The van der Waals surface area contributed by atoms with E-state index in [2.05, 4.69) is 39.5 Å². The van der Waals surface area contributed by atoms with Crippen LogP contribution in [-0.4, -0.2) is 87.4 Å². The van der Waals surface area contributed by atoms with Crippen molar-refractivity contribution in [1.29, 1.82) is 0 Å². The Bertz CT molecular complexity index is 720. The lowest BCUT2D eigenvalue weighted by molar-refractivity contribution is 0.0179. The van der Waals surface area contributed by atoms with Gasteiger partial charge in [0.1, 0.15) is 5.75 Å².